The molecule has 1 heterocycles. The van der Waals surface area contributed by atoms with Crippen molar-refractivity contribution in [2.24, 2.45) is 5.92 Å². The minimum atomic E-state index is -3.98. The third-order valence-electron chi connectivity index (χ3n) is 6.91. The Morgan fingerprint density at radius 3 is 2.50 bits per heavy atom. The zero-order chi connectivity index (χ0) is 27.4. The van der Waals surface area contributed by atoms with Crippen molar-refractivity contribution < 1.29 is 27.8 Å². The number of sulfonamides is 1. The maximum atomic E-state index is 13.8. The highest BCUT2D eigenvalue weighted by Gasteiger charge is 2.38. The van der Waals surface area contributed by atoms with Crippen LogP contribution >= 0.6 is 0 Å². The van der Waals surface area contributed by atoms with Gasteiger partial charge >= 0.3 is 0 Å². The lowest BCUT2D eigenvalue weighted by molar-refractivity contribution is 0.0564. The molecule has 0 unspecified atom stereocenters. The van der Waals surface area contributed by atoms with Crippen molar-refractivity contribution in [3.05, 3.63) is 78.4 Å². The molecule has 38 heavy (non-hydrogen) atoms. The fraction of sp³-hybridized carbons (Fsp3) is 0.345. The van der Waals surface area contributed by atoms with E-state index in [1.807, 2.05) is 49.4 Å². The van der Waals surface area contributed by atoms with Crippen LogP contribution in [0.1, 0.15) is 24.2 Å². The lowest BCUT2D eigenvalue weighted by Crippen LogP contribution is -2.50. The lowest BCUT2D eigenvalue weighted by Gasteiger charge is -2.37. The van der Waals surface area contributed by atoms with Crippen molar-refractivity contribution in [2.75, 3.05) is 33.9 Å². The number of methoxy groups -OCH3 is 1. The Morgan fingerprint density at radius 2 is 1.82 bits per heavy atom. The number of aliphatic hydroxyl groups is 1. The molecule has 0 bridgehead atoms. The molecule has 3 aromatic rings. The van der Waals surface area contributed by atoms with Crippen molar-refractivity contribution >= 4 is 15.9 Å². The molecule has 8 nitrogen and oxygen atoms in total. The Balaban J connectivity index is 1.77. The molecule has 202 valence electrons. The topological polar surface area (TPSA) is 96.4 Å². The number of ether oxygens (including phenoxy) is 2. The van der Waals surface area contributed by atoms with Crippen LogP contribution in [0.3, 0.4) is 0 Å². The Morgan fingerprint density at radius 1 is 1.13 bits per heavy atom. The zero-order valence-electron chi connectivity index (χ0n) is 22.1. The Hall–Kier alpha value is -3.40. The first-order chi connectivity index (χ1) is 18.2. The smallest absolute Gasteiger partial charge is 0.253 e. The van der Waals surface area contributed by atoms with E-state index in [9.17, 15) is 18.3 Å². The van der Waals surface area contributed by atoms with E-state index in [0.717, 1.165) is 11.1 Å². The summed E-state index contributed by atoms with van der Waals surface area (Å²) >= 11 is 0. The maximum Gasteiger partial charge on any atom is 0.253 e. The van der Waals surface area contributed by atoms with Crippen LogP contribution in [-0.2, 0) is 10.0 Å². The lowest BCUT2D eigenvalue weighted by atomic mass is 10.0. The summed E-state index contributed by atoms with van der Waals surface area (Å²) < 4.78 is 40.8. The molecule has 0 saturated carbocycles. The van der Waals surface area contributed by atoms with Gasteiger partial charge in [-0.2, -0.15) is 4.31 Å². The quantitative estimate of drug-likeness (QED) is 0.490. The second kappa shape index (κ2) is 11.6. The fourth-order valence-electron chi connectivity index (χ4n) is 4.65. The van der Waals surface area contributed by atoms with Crippen LogP contribution in [0.5, 0.6) is 11.5 Å². The second-order valence-corrected chi connectivity index (χ2v) is 11.5. The Labute approximate surface area is 224 Å². The van der Waals surface area contributed by atoms with E-state index in [1.54, 1.807) is 50.2 Å². The number of benzene rings is 3. The highest BCUT2D eigenvalue weighted by Crippen LogP contribution is 2.38. The molecule has 0 aliphatic carbocycles. The molecule has 4 rings (SSSR count). The SMILES string of the molecule is COc1ccccc1-c1ccc2c(c1)O[C@@H](CN(C)C(=O)c1ccccc1)[C@@H](C)CN([C@H](C)CO)S2(=O)=O. The molecular formula is C29H34N2O6S. The highest BCUT2D eigenvalue weighted by molar-refractivity contribution is 7.89. The normalized spacial score (nSPS) is 19.8. The van der Waals surface area contributed by atoms with E-state index >= 15 is 0 Å². The number of hydrogen-bond donors (Lipinski definition) is 1. The summed E-state index contributed by atoms with van der Waals surface area (Å²) in [5.74, 6) is 0.406. The van der Waals surface area contributed by atoms with Gasteiger partial charge in [0.15, 0.2) is 0 Å². The number of fused-ring (bicyclic) bond motifs is 1. The molecule has 0 saturated heterocycles. The minimum absolute atomic E-state index is 0.0189. The van der Waals surface area contributed by atoms with Gasteiger partial charge in [-0.3, -0.25) is 4.79 Å². The summed E-state index contributed by atoms with van der Waals surface area (Å²) in [6, 6.07) is 20.8. The number of likely N-dealkylation sites (N-methyl/N-ethyl adjacent to an activating group) is 1. The number of carbonyl (C=O) groups excluding carboxylic acids is 1. The van der Waals surface area contributed by atoms with E-state index in [-0.39, 0.29) is 42.2 Å². The third kappa shape index (κ3) is 5.55. The van der Waals surface area contributed by atoms with Crippen LogP contribution in [-0.4, -0.2) is 74.6 Å². The van der Waals surface area contributed by atoms with Gasteiger partial charge in [0, 0.05) is 36.7 Å². The number of nitrogens with zero attached hydrogens (tertiary/aromatic N) is 2. The van der Waals surface area contributed by atoms with Gasteiger partial charge in [-0.25, -0.2) is 8.42 Å². The first kappa shape index (κ1) is 27.6. The van der Waals surface area contributed by atoms with Crippen LogP contribution in [0, 0.1) is 5.92 Å². The van der Waals surface area contributed by atoms with E-state index in [1.165, 1.54) is 10.4 Å². The molecule has 1 amide bonds. The predicted octanol–water partition coefficient (Wildman–Crippen LogP) is 3.90. The number of para-hydroxylation sites is 1. The summed E-state index contributed by atoms with van der Waals surface area (Å²) in [6.07, 6.45) is -0.511. The van der Waals surface area contributed by atoms with Gasteiger partial charge in [0.05, 0.1) is 20.3 Å². The molecular weight excluding hydrogens is 504 g/mol. The second-order valence-electron chi connectivity index (χ2n) is 9.65. The Kier molecular flexibility index (Phi) is 8.40. The number of aliphatic hydroxyl groups excluding tert-OH is 1. The Bertz CT molecular complexity index is 1380. The molecule has 1 aliphatic rings. The summed E-state index contributed by atoms with van der Waals surface area (Å²) in [6.45, 7) is 3.63. The van der Waals surface area contributed by atoms with Crippen molar-refractivity contribution in [1.29, 1.82) is 0 Å². The summed E-state index contributed by atoms with van der Waals surface area (Å²) in [5, 5.41) is 9.87. The molecule has 3 aromatic carbocycles. The van der Waals surface area contributed by atoms with Crippen molar-refractivity contribution in [3.63, 3.8) is 0 Å². The molecule has 0 radical (unpaired) electrons. The van der Waals surface area contributed by atoms with Crippen LogP contribution in [0.4, 0.5) is 0 Å². The van der Waals surface area contributed by atoms with E-state index in [0.29, 0.717) is 11.3 Å². The van der Waals surface area contributed by atoms with Crippen LogP contribution in [0.2, 0.25) is 0 Å². The van der Waals surface area contributed by atoms with Gasteiger partial charge in [-0.15, -0.1) is 0 Å². The fourth-order valence-corrected chi connectivity index (χ4v) is 6.47. The van der Waals surface area contributed by atoms with E-state index in [4.69, 9.17) is 9.47 Å². The number of rotatable bonds is 7. The van der Waals surface area contributed by atoms with Crippen LogP contribution in [0.15, 0.2) is 77.7 Å². The molecule has 1 aliphatic heterocycles. The number of carbonyl (C=O) groups is 1. The highest BCUT2D eigenvalue weighted by atomic mass is 32.2. The zero-order valence-corrected chi connectivity index (χ0v) is 22.9. The average molecular weight is 539 g/mol. The largest absolute Gasteiger partial charge is 0.496 e. The summed E-state index contributed by atoms with van der Waals surface area (Å²) in [7, 11) is -0.684. The van der Waals surface area contributed by atoms with Crippen molar-refractivity contribution in [2.45, 2.75) is 30.9 Å². The van der Waals surface area contributed by atoms with Gasteiger partial charge in [0.25, 0.3) is 5.91 Å². The molecule has 0 aromatic heterocycles. The number of amides is 1. The van der Waals surface area contributed by atoms with Gasteiger partial charge < -0.3 is 19.5 Å². The maximum absolute atomic E-state index is 13.8. The first-order valence-electron chi connectivity index (χ1n) is 12.5. The van der Waals surface area contributed by atoms with Gasteiger partial charge in [-0.1, -0.05) is 49.4 Å². The third-order valence-corrected chi connectivity index (χ3v) is 8.93. The molecule has 0 fully saturated rings. The minimum Gasteiger partial charge on any atom is -0.496 e. The molecule has 3 atom stereocenters. The molecule has 0 spiro atoms. The van der Waals surface area contributed by atoms with Crippen molar-refractivity contribution in [3.8, 4) is 22.6 Å². The van der Waals surface area contributed by atoms with Crippen molar-refractivity contribution in [1.82, 2.24) is 9.21 Å². The number of hydrogen-bond acceptors (Lipinski definition) is 6. The predicted molar refractivity (Wildman–Crippen MR) is 146 cm³/mol. The van der Waals surface area contributed by atoms with E-state index in [2.05, 4.69) is 0 Å². The van der Waals surface area contributed by atoms with Gasteiger partial charge in [0.2, 0.25) is 10.0 Å². The summed E-state index contributed by atoms with van der Waals surface area (Å²) in [5.41, 5.74) is 2.09. The first-order valence-corrected chi connectivity index (χ1v) is 14.0. The van der Waals surface area contributed by atoms with Crippen LogP contribution < -0.4 is 9.47 Å². The van der Waals surface area contributed by atoms with E-state index < -0.39 is 22.2 Å². The van der Waals surface area contributed by atoms with Crippen LogP contribution in [0.25, 0.3) is 11.1 Å². The monoisotopic (exact) mass is 538 g/mol. The molecule has 9 heteroatoms. The average Bonchev–Trinajstić information content (AvgIpc) is 2.94. The van der Waals surface area contributed by atoms with Gasteiger partial charge in [0.1, 0.15) is 22.5 Å². The summed E-state index contributed by atoms with van der Waals surface area (Å²) in [4.78, 5) is 14.7. The standard InChI is InChI=1S/C29H34N2O6S/c1-20-17-31(21(2)19-32)38(34,35)28-15-14-23(24-12-8-9-13-25(24)36-4)16-26(28)37-27(20)18-30(3)29(33)22-10-6-5-7-11-22/h5-16,20-21,27,32H,17-19H2,1-4H3/t20-,21+,27-/m0/s1. The molecule has 1 N–H and O–H groups in total. The van der Waals surface area contributed by atoms with Gasteiger partial charge in [-0.05, 0) is 42.8 Å².